The number of aromatic nitrogens is 1. The quantitative estimate of drug-likeness (QED) is 0.762. The van der Waals surface area contributed by atoms with E-state index in [4.69, 9.17) is 16.9 Å². The molecule has 0 atom stereocenters. The molecule has 1 aromatic heterocycles. The molecule has 3 nitrogen and oxygen atoms in total. The van der Waals surface area contributed by atoms with Crippen LogP contribution >= 0.6 is 11.6 Å². The summed E-state index contributed by atoms with van der Waals surface area (Å²) in [5.41, 5.74) is 1.69. The van der Waals surface area contributed by atoms with E-state index in [1.54, 1.807) is 6.20 Å². The predicted octanol–water partition coefficient (Wildman–Crippen LogP) is 5.02. The number of nitrogens with zero attached hydrogens (tertiary/aromatic N) is 2. The Bertz CT molecular complexity index is 659. The molecule has 1 heterocycles. The molecule has 0 aliphatic rings. The average molecular weight is 302 g/mol. The standard InChI is InChI=1S/C17H20ClN3/c1-17(2,12-19)9-3-4-10-20-15-8-7-14(18)13-6-5-11-21-16(13)15/h5-8,11,20H,3-4,9-10H2,1-2H3. The molecule has 0 spiro atoms. The first-order valence-corrected chi connectivity index (χ1v) is 7.60. The van der Waals surface area contributed by atoms with E-state index in [2.05, 4.69) is 16.4 Å². The van der Waals surface area contributed by atoms with Crippen molar-refractivity contribution in [2.75, 3.05) is 11.9 Å². The number of nitriles is 1. The molecule has 0 bridgehead atoms. The van der Waals surface area contributed by atoms with Crippen molar-refractivity contribution in [2.45, 2.75) is 33.1 Å². The van der Waals surface area contributed by atoms with Gasteiger partial charge in [-0.1, -0.05) is 18.0 Å². The summed E-state index contributed by atoms with van der Waals surface area (Å²) in [6, 6.07) is 10.1. The van der Waals surface area contributed by atoms with E-state index in [0.717, 1.165) is 47.4 Å². The minimum atomic E-state index is -0.228. The first-order chi connectivity index (χ1) is 10.0. The van der Waals surface area contributed by atoms with Gasteiger partial charge >= 0.3 is 0 Å². The third-order valence-electron chi connectivity index (χ3n) is 3.56. The maximum absolute atomic E-state index is 8.99. The van der Waals surface area contributed by atoms with Gasteiger partial charge in [-0.3, -0.25) is 4.98 Å². The van der Waals surface area contributed by atoms with E-state index < -0.39 is 0 Å². The predicted molar refractivity (Wildman–Crippen MR) is 88.5 cm³/mol. The fraction of sp³-hybridized carbons (Fsp3) is 0.412. The molecule has 21 heavy (non-hydrogen) atoms. The highest BCUT2D eigenvalue weighted by Gasteiger charge is 2.15. The summed E-state index contributed by atoms with van der Waals surface area (Å²) in [5, 5.41) is 14.1. The number of hydrogen-bond acceptors (Lipinski definition) is 3. The van der Waals surface area contributed by atoms with Gasteiger partial charge in [-0.15, -0.1) is 0 Å². The van der Waals surface area contributed by atoms with Gasteiger partial charge in [0.25, 0.3) is 0 Å². The van der Waals surface area contributed by atoms with Crippen molar-refractivity contribution < 1.29 is 0 Å². The molecule has 0 saturated heterocycles. The summed E-state index contributed by atoms with van der Waals surface area (Å²) in [7, 11) is 0. The Morgan fingerprint density at radius 1 is 1.29 bits per heavy atom. The normalized spacial score (nSPS) is 11.3. The van der Waals surface area contributed by atoms with Crippen LogP contribution in [0.3, 0.4) is 0 Å². The first kappa shape index (κ1) is 15.6. The zero-order valence-corrected chi connectivity index (χ0v) is 13.2. The molecule has 0 unspecified atom stereocenters. The maximum atomic E-state index is 8.99. The molecule has 0 fully saturated rings. The van der Waals surface area contributed by atoms with Gasteiger partial charge in [-0.2, -0.15) is 5.26 Å². The van der Waals surface area contributed by atoms with E-state index in [9.17, 15) is 0 Å². The Labute approximate surface area is 130 Å². The molecule has 110 valence electrons. The van der Waals surface area contributed by atoms with Gasteiger partial charge in [0.05, 0.1) is 27.7 Å². The van der Waals surface area contributed by atoms with Crippen LogP contribution in [0.2, 0.25) is 5.02 Å². The lowest BCUT2D eigenvalue weighted by atomic mass is 9.89. The Kier molecular flexibility index (Phi) is 5.03. The summed E-state index contributed by atoms with van der Waals surface area (Å²) < 4.78 is 0. The number of hydrogen-bond donors (Lipinski definition) is 1. The molecule has 1 N–H and O–H groups in total. The van der Waals surface area contributed by atoms with Crippen LogP contribution in [0.25, 0.3) is 10.9 Å². The fourth-order valence-corrected chi connectivity index (χ4v) is 2.47. The average Bonchev–Trinajstić information content (AvgIpc) is 2.49. The number of nitrogens with one attached hydrogen (secondary N) is 1. The molecule has 0 amide bonds. The molecule has 0 aliphatic carbocycles. The van der Waals surface area contributed by atoms with Crippen LogP contribution in [0.5, 0.6) is 0 Å². The van der Waals surface area contributed by atoms with E-state index in [1.165, 1.54) is 0 Å². The molecule has 2 rings (SSSR count). The van der Waals surface area contributed by atoms with Crippen LogP contribution in [-0.2, 0) is 0 Å². The van der Waals surface area contributed by atoms with Crippen molar-refractivity contribution in [2.24, 2.45) is 5.41 Å². The van der Waals surface area contributed by atoms with Gasteiger partial charge in [0.1, 0.15) is 0 Å². The van der Waals surface area contributed by atoms with Gasteiger partial charge in [-0.05, 0) is 51.0 Å². The number of pyridine rings is 1. The summed E-state index contributed by atoms with van der Waals surface area (Å²) in [4.78, 5) is 4.40. The highest BCUT2D eigenvalue weighted by Crippen LogP contribution is 2.28. The van der Waals surface area contributed by atoms with Crippen molar-refractivity contribution in [1.82, 2.24) is 4.98 Å². The number of benzene rings is 1. The summed E-state index contributed by atoms with van der Waals surface area (Å²) in [5.74, 6) is 0. The van der Waals surface area contributed by atoms with Crippen molar-refractivity contribution in [3.05, 3.63) is 35.5 Å². The molecular formula is C17H20ClN3. The second kappa shape index (κ2) is 6.78. The van der Waals surface area contributed by atoms with Gasteiger partial charge in [0, 0.05) is 18.1 Å². The lowest BCUT2D eigenvalue weighted by Gasteiger charge is -2.15. The fourth-order valence-electron chi connectivity index (χ4n) is 2.25. The molecule has 2 aromatic rings. The number of halogens is 1. The topological polar surface area (TPSA) is 48.7 Å². The van der Waals surface area contributed by atoms with Crippen molar-refractivity contribution in [3.8, 4) is 6.07 Å². The number of anilines is 1. The highest BCUT2D eigenvalue weighted by molar-refractivity contribution is 6.35. The third kappa shape index (κ3) is 4.09. The Morgan fingerprint density at radius 2 is 2.10 bits per heavy atom. The zero-order chi connectivity index (χ0) is 15.3. The van der Waals surface area contributed by atoms with Gasteiger partial charge in [-0.25, -0.2) is 0 Å². The number of fused-ring (bicyclic) bond motifs is 1. The highest BCUT2D eigenvalue weighted by atomic mass is 35.5. The summed E-state index contributed by atoms with van der Waals surface area (Å²) >= 11 is 6.18. The van der Waals surface area contributed by atoms with Gasteiger partial charge < -0.3 is 5.32 Å². The summed E-state index contributed by atoms with van der Waals surface area (Å²) in [6.07, 6.45) is 4.76. The molecular weight excluding hydrogens is 282 g/mol. The maximum Gasteiger partial charge on any atom is 0.0948 e. The minimum absolute atomic E-state index is 0.228. The molecule has 0 aliphatic heterocycles. The van der Waals surface area contributed by atoms with Gasteiger partial charge in [0.15, 0.2) is 0 Å². The van der Waals surface area contributed by atoms with E-state index in [1.807, 2.05) is 38.1 Å². The van der Waals surface area contributed by atoms with Crippen molar-refractivity contribution in [1.29, 1.82) is 5.26 Å². The molecule has 4 heteroatoms. The van der Waals surface area contributed by atoms with Crippen LogP contribution in [0.4, 0.5) is 5.69 Å². The monoisotopic (exact) mass is 301 g/mol. The lowest BCUT2D eigenvalue weighted by Crippen LogP contribution is -2.09. The van der Waals surface area contributed by atoms with Crippen molar-refractivity contribution >= 4 is 28.2 Å². The minimum Gasteiger partial charge on any atom is -0.383 e. The molecule has 0 radical (unpaired) electrons. The van der Waals surface area contributed by atoms with Crippen molar-refractivity contribution in [3.63, 3.8) is 0 Å². The number of rotatable bonds is 6. The Hall–Kier alpha value is -1.79. The Morgan fingerprint density at radius 3 is 2.86 bits per heavy atom. The van der Waals surface area contributed by atoms with Crippen LogP contribution in [0.15, 0.2) is 30.5 Å². The van der Waals surface area contributed by atoms with Crippen LogP contribution < -0.4 is 5.32 Å². The third-order valence-corrected chi connectivity index (χ3v) is 3.89. The van der Waals surface area contributed by atoms with Crippen LogP contribution in [0.1, 0.15) is 33.1 Å². The van der Waals surface area contributed by atoms with Crippen LogP contribution in [-0.4, -0.2) is 11.5 Å². The summed E-state index contributed by atoms with van der Waals surface area (Å²) in [6.45, 7) is 4.84. The molecule has 0 saturated carbocycles. The van der Waals surface area contributed by atoms with E-state index in [0.29, 0.717) is 0 Å². The second-order valence-electron chi connectivity index (χ2n) is 5.87. The largest absolute Gasteiger partial charge is 0.383 e. The van der Waals surface area contributed by atoms with E-state index >= 15 is 0 Å². The zero-order valence-electron chi connectivity index (χ0n) is 12.5. The smallest absolute Gasteiger partial charge is 0.0948 e. The van der Waals surface area contributed by atoms with Crippen LogP contribution in [0, 0.1) is 16.7 Å². The second-order valence-corrected chi connectivity index (χ2v) is 6.28. The number of unbranched alkanes of at least 4 members (excludes halogenated alkanes) is 1. The van der Waals surface area contributed by atoms with Gasteiger partial charge in [0.2, 0.25) is 0 Å². The molecule has 1 aromatic carbocycles. The lowest BCUT2D eigenvalue weighted by molar-refractivity contribution is 0.430. The first-order valence-electron chi connectivity index (χ1n) is 7.22. The SMILES string of the molecule is CC(C)(C#N)CCCCNc1ccc(Cl)c2cccnc12. The van der Waals surface area contributed by atoms with E-state index in [-0.39, 0.29) is 5.41 Å². The Balaban J connectivity index is 1.93.